The van der Waals surface area contributed by atoms with E-state index in [1.807, 2.05) is 6.07 Å². The standard InChI is InChI=1S/C14H19Br2NOS/c1-14(2)4-3-6-17(7-5-14)9-11(18)10-8-12(15)19-13(10)16/h8H,3-7,9H2,1-2H3. The van der Waals surface area contributed by atoms with Crippen LogP contribution >= 0.6 is 43.2 Å². The lowest BCUT2D eigenvalue weighted by Gasteiger charge is -2.22. The number of carbonyl (C=O) groups is 1. The predicted octanol–water partition coefficient (Wildman–Crippen LogP) is 4.97. The van der Waals surface area contributed by atoms with Crippen LogP contribution in [0.3, 0.4) is 0 Å². The Morgan fingerprint density at radius 3 is 2.74 bits per heavy atom. The monoisotopic (exact) mass is 407 g/mol. The van der Waals surface area contributed by atoms with E-state index in [1.54, 1.807) is 11.3 Å². The highest BCUT2D eigenvalue weighted by Gasteiger charge is 2.24. The Morgan fingerprint density at radius 1 is 1.37 bits per heavy atom. The molecule has 0 N–H and O–H groups in total. The maximum atomic E-state index is 12.3. The van der Waals surface area contributed by atoms with Crippen molar-refractivity contribution < 1.29 is 4.79 Å². The second-order valence-corrected chi connectivity index (χ2v) is 9.70. The number of likely N-dealkylation sites (tertiary alicyclic amines) is 1. The van der Waals surface area contributed by atoms with Gasteiger partial charge in [-0.15, -0.1) is 11.3 Å². The van der Waals surface area contributed by atoms with E-state index in [0.29, 0.717) is 12.0 Å². The van der Waals surface area contributed by atoms with Crippen molar-refractivity contribution in [2.45, 2.75) is 33.1 Å². The van der Waals surface area contributed by atoms with Gasteiger partial charge in [0.05, 0.1) is 14.1 Å². The van der Waals surface area contributed by atoms with E-state index in [9.17, 15) is 4.79 Å². The normalized spacial score (nSPS) is 20.2. The Morgan fingerprint density at radius 2 is 2.11 bits per heavy atom. The van der Waals surface area contributed by atoms with Gasteiger partial charge in [0.15, 0.2) is 5.78 Å². The summed E-state index contributed by atoms with van der Waals surface area (Å²) in [4.78, 5) is 14.6. The first-order valence-corrected chi connectivity index (χ1v) is 8.98. The van der Waals surface area contributed by atoms with Crippen LogP contribution in [0.25, 0.3) is 0 Å². The number of rotatable bonds is 3. The van der Waals surface area contributed by atoms with Gasteiger partial charge in [0.25, 0.3) is 0 Å². The molecule has 19 heavy (non-hydrogen) atoms. The molecule has 106 valence electrons. The molecule has 0 bridgehead atoms. The van der Waals surface area contributed by atoms with Crippen LogP contribution in [0, 0.1) is 5.41 Å². The molecule has 1 aliphatic heterocycles. The Labute approximate surface area is 135 Å². The van der Waals surface area contributed by atoms with E-state index in [1.165, 1.54) is 19.3 Å². The Bertz CT molecular complexity index is 470. The van der Waals surface area contributed by atoms with Crippen molar-refractivity contribution in [3.63, 3.8) is 0 Å². The van der Waals surface area contributed by atoms with E-state index in [-0.39, 0.29) is 5.78 Å². The molecule has 1 aromatic rings. The first-order valence-electron chi connectivity index (χ1n) is 6.58. The summed E-state index contributed by atoms with van der Waals surface area (Å²) in [5.41, 5.74) is 1.23. The zero-order valence-electron chi connectivity index (χ0n) is 11.3. The lowest BCUT2D eigenvalue weighted by atomic mass is 9.85. The van der Waals surface area contributed by atoms with Crippen molar-refractivity contribution in [3.05, 3.63) is 19.2 Å². The van der Waals surface area contributed by atoms with Gasteiger partial charge in [-0.25, -0.2) is 0 Å². The summed E-state index contributed by atoms with van der Waals surface area (Å²) in [6, 6.07) is 1.92. The van der Waals surface area contributed by atoms with Gasteiger partial charge in [0.1, 0.15) is 0 Å². The van der Waals surface area contributed by atoms with Gasteiger partial charge in [-0.1, -0.05) is 13.8 Å². The third-order valence-electron chi connectivity index (χ3n) is 3.76. The second-order valence-electron chi connectivity index (χ2n) is 5.95. The molecule has 0 amide bonds. The number of ketones is 1. The molecule has 0 saturated carbocycles. The zero-order chi connectivity index (χ0) is 14.0. The molecule has 0 spiro atoms. The molecule has 0 aromatic carbocycles. The van der Waals surface area contributed by atoms with E-state index in [4.69, 9.17) is 0 Å². The van der Waals surface area contributed by atoms with Gasteiger partial charge >= 0.3 is 0 Å². The molecule has 0 atom stereocenters. The number of Topliss-reactive ketones (excluding diaryl/α,β-unsaturated/α-hetero) is 1. The van der Waals surface area contributed by atoms with E-state index < -0.39 is 0 Å². The summed E-state index contributed by atoms with van der Waals surface area (Å²) in [7, 11) is 0. The van der Waals surface area contributed by atoms with Crippen LogP contribution in [-0.4, -0.2) is 30.3 Å². The minimum atomic E-state index is 0.216. The molecule has 1 fully saturated rings. The van der Waals surface area contributed by atoms with Crippen molar-refractivity contribution in [1.82, 2.24) is 4.90 Å². The fourth-order valence-electron chi connectivity index (χ4n) is 2.46. The summed E-state index contributed by atoms with van der Waals surface area (Å²) in [5, 5.41) is 0. The van der Waals surface area contributed by atoms with Crippen molar-refractivity contribution in [1.29, 1.82) is 0 Å². The molecular formula is C14H19Br2NOS. The van der Waals surface area contributed by atoms with Gasteiger partial charge in [0, 0.05) is 5.56 Å². The van der Waals surface area contributed by atoms with Crippen molar-refractivity contribution in [2.75, 3.05) is 19.6 Å². The number of halogens is 2. The highest BCUT2D eigenvalue weighted by Crippen LogP contribution is 2.33. The van der Waals surface area contributed by atoms with E-state index in [2.05, 4.69) is 50.6 Å². The summed E-state index contributed by atoms with van der Waals surface area (Å²) in [6.45, 7) is 7.26. The average Bonchev–Trinajstić information content (AvgIpc) is 2.55. The molecule has 0 radical (unpaired) electrons. The first-order chi connectivity index (χ1) is 8.87. The van der Waals surface area contributed by atoms with Crippen molar-refractivity contribution >= 4 is 49.0 Å². The molecule has 2 heterocycles. The molecule has 5 heteroatoms. The van der Waals surface area contributed by atoms with Gasteiger partial charge < -0.3 is 0 Å². The first kappa shape index (κ1) is 15.7. The summed E-state index contributed by atoms with van der Waals surface area (Å²) in [5.74, 6) is 0.216. The highest BCUT2D eigenvalue weighted by atomic mass is 79.9. The van der Waals surface area contributed by atoms with Crippen LogP contribution in [0.1, 0.15) is 43.5 Å². The third-order valence-corrected chi connectivity index (χ3v) is 6.10. The quantitative estimate of drug-likeness (QED) is 0.658. The zero-order valence-corrected chi connectivity index (χ0v) is 15.3. The largest absolute Gasteiger partial charge is 0.296 e. The van der Waals surface area contributed by atoms with Gasteiger partial charge in [-0.3, -0.25) is 9.69 Å². The van der Waals surface area contributed by atoms with Crippen molar-refractivity contribution in [2.24, 2.45) is 5.41 Å². The number of hydrogen-bond donors (Lipinski definition) is 0. The number of nitrogens with zero attached hydrogens (tertiary/aromatic N) is 1. The topological polar surface area (TPSA) is 20.3 Å². The summed E-state index contributed by atoms with van der Waals surface area (Å²) >= 11 is 8.45. The Kier molecular flexibility index (Phi) is 5.26. The van der Waals surface area contributed by atoms with E-state index in [0.717, 1.165) is 26.2 Å². The lowest BCUT2D eigenvalue weighted by molar-refractivity contribution is 0.0930. The third kappa shape index (κ3) is 4.38. The molecule has 1 aromatic heterocycles. The lowest BCUT2D eigenvalue weighted by Crippen LogP contribution is -2.31. The Balaban J connectivity index is 1.97. The number of hydrogen-bond acceptors (Lipinski definition) is 3. The smallest absolute Gasteiger partial charge is 0.178 e. The molecule has 2 nitrogen and oxygen atoms in total. The molecule has 2 rings (SSSR count). The summed E-state index contributed by atoms with van der Waals surface area (Å²) in [6.07, 6.45) is 3.62. The highest BCUT2D eigenvalue weighted by molar-refractivity contribution is 9.12. The predicted molar refractivity (Wildman–Crippen MR) is 88.1 cm³/mol. The van der Waals surface area contributed by atoms with Crippen LogP contribution in [0.5, 0.6) is 0 Å². The summed E-state index contributed by atoms with van der Waals surface area (Å²) < 4.78 is 1.93. The SMILES string of the molecule is CC1(C)CCCN(CC(=O)c2cc(Br)sc2Br)CC1. The van der Waals surface area contributed by atoms with Crippen LogP contribution in [0.15, 0.2) is 13.6 Å². The molecule has 1 saturated heterocycles. The fraction of sp³-hybridized carbons (Fsp3) is 0.643. The van der Waals surface area contributed by atoms with Crippen LogP contribution in [0.2, 0.25) is 0 Å². The van der Waals surface area contributed by atoms with Crippen LogP contribution in [0.4, 0.5) is 0 Å². The maximum Gasteiger partial charge on any atom is 0.178 e. The maximum absolute atomic E-state index is 12.3. The molecule has 0 unspecified atom stereocenters. The van der Waals surface area contributed by atoms with Crippen LogP contribution < -0.4 is 0 Å². The average molecular weight is 409 g/mol. The van der Waals surface area contributed by atoms with Crippen molar-refractivity contribution in [3.8, 4) is 0 Å². The Hall–Kier alpha value is 0.290. The van der Waals surface area contributed by atoms with Gasteiger partial charge in [-0.05, 0) is 75.7 Å². The fourth-order valence-corrected chi connectivity index (χ4v) is 5.31. The molecule has 0 aliphatic carbocycles. The molecule has 1 aliphatic rings. The number of thiophene rings is 1. The van der Waals surface area contributed by atoms with Crippen LogP contribution in [-0.2, 0) is 0 Å². The molecular weight excluding hydrogens is 390 g/mol. The van der Waals surface area contributed by atoms with E-state index >= 15 is 0 Å². The van der Waals surface area contributed by atoms with Gasteiger partial charge in [0.2, 0.25) is 0 Å². The minimum Gasteiger partial charge on any atom is -0.296 e. The number of carbonyl (C=O) groups excluding carboxylic acids is 1. The van der Waals surface area contributed by atoms with Gasteiger partial charge in [-0.2, -0.15) is 0 Å². The minimum absolute atomic E-state index is 0.216. The second kappa shape index (κ2) is 6.37.